The Kier molecular flexibility index (Phi) is 3.87. The molecule has 2 aromatic carbocycles. The number of phenols is 1. The molecule has 96 valence electrons. The van der Waals surface area contributed by atoms with Crippen molar-refractivity contribution in [3.8, 4) is 5.75 Å². The minimum atomic E-state index is -0.491. The van der Waals surface area contributed by atoms with Crippen molar-refractivity contribution in [2.24, 2.45) is 5.10 Å². The van der Waals surface area contributed by atoms with E-state index in [1.54, 1.807) is 12.1 Å². The number of hydrazone groups is 1. The van der Waals surface area contributed by atoms with E-state index in [0.717, 1.165) is 11.6 Å². The van der Waals surface area contributed by atoms with Gasteiger partial charge in [0, 0.05) is 5.56 Å². The van der Waals surface area contributed by atoms with Crippen LogP contribution in [0.2, 0.25) is 0 Å². The number of nitrogens with zero attached hydrogens (tertiary/aromatic N) is 1. The van der Waals surface area contributed by atoms with Gasteiger partial charge in [0.2, 0.25) is 0 Å². The largest absolute Gasteiger partial charge is 0.508 e. The molecule has 0 bridgehead atoms. The third-order valence-corrected chi connectivity index (χ3v) is 2.36. The Morgan fingerprint density at radius 3 is 2.63 bits per heavy atom. The third-order valence-electron chi connectivity index (χ3n) is 2.36. The summed E-state index contributed by atoms with van der Waals surface area (Å²) in [6.45, 7) is 0. The maximum absolute atomic E-state index is 12.9. The van der Waals surface area contributed by atoms with E-state index in [1.165, 1.54) is 36.5 Å². The summed E-state index contributed by atoms with van der Waals surface area (Å²) in [6.07, 6.45) is 1.43. The molecule has 0 unspecified atom stereocenters. The van der Waals surface area contributed by atoms with Crippen LogP contribution in [-0.2, 0) is 0 Å². The second-order valence-electron chi connectivity index (χ2n) is 3.80. The summed E-state index contributed by atoms with van der Waals surface area (Å²) in [4.78, 5) is 11.6. The van der Waals surface area contributed by atoms with Gasteiger partial charge in [-0.3, -0.25) is 4.79 Å². The van der Waals surface area contributed by atoms with E-state index in [0.29, 0.717) is 0 Å². The normalized spacial score (nSPS) is 10.6. The van der Waals surface area contributed by atoms with Crippen LogP contribution in [0.25, 0.3) is 0 Å². The van der Waals surface area contributed by atoms with E-state index in [1.807, 2.05) is 0 Å². The lowest BCUT2D eigenvalue weighted by Crippen LogP contribution is -2.17. The average Bonchev–Trinajstić information content (AvgIpc) is 2.41. The SMILES string of the molecule is O=C(NN=Cc1ccc(O)cc1)c1cccc(F)c1. The van der Waals surface area contributed by atoms with Crippen LogP contribution in [-0.4, -0.2) is 17.2 Å². The number of hydrogen-bond donors (Lipinski definition) is 2. The van der Waals surface area contributed by atoms with E-state index in [4.69, 9.17) is 5.11 Å². The second-order valence-corrected chi connectivity index (χ2v) is 3.80. The number of carbonyl (C=O) groups excluding carboxylic acids is 1. The highest BCUT2D eigenvalue weighted by atomic mass is 19.1. The fourth-order valence-corrected chi connectivity index (χ4v) is 1.42. The zero-order valence-electron chi connectivity index (χ0n) is 9.88. The number of halogens is 1. The van der Waals surface area contributed by atoms with Crippen molar-refractivity contribution in [2.45, 2.75) is 0 Å². The Bertz CT molecular complexity index is 609. The molecule has 5 heteroatoms. The van der Waals surface area contributed by atoms with Gasteiger partial charge in [0.25, 0.3) is 5.91 Å². The average molecular weight is 258 g/mol. The molecule has 1 amide bonds. The Labute approximate surface area is 109 Å². The molecule has 0 aliphatic heterocycles. The molecule has 0 saturated heterocycles. The summed E-state index contributed by atoms with van der Waals surface area (Å²) in [5.74, 6) is -0.814. The molecule has 0 saturated carbocycles. The minimum Gasteiger partial charge on any atom is -0.508 e. The molecule has 0 heterocycles. The van der Waals surface area contributed by atoms with Crippen molar-refractivity contribution in [1.82, 2.24) is 5.43 Å². The van der Waals surface area contributed by atoms with Gasteiger partial charge in [-0.2, -0.15) is 5.10 Å². The second kappa shape index (κ2) is 5.77. The number of hydrogen-bond acceptors (Lipinski definition) is 3. The number of amides is 1. The number of rotatable bonds is 3. The first-order valence-corrected chi connectivity index (χ1v) is 5.53. The fourth-order valence-electron chi connectivity index (χ4n) is 1.42. The van der Waals surface area contributed by atoms with Gasteiger partial charge in [-0.25, -0.2) is 9.82 Å². The van der Waals surface area contributed by atoms with Crippen LogP contribution >= 0.6 is 0 Å². The van der Waals surface area contributed by atoms with Gasteiger partial charge in [-0.1, -0.05) is 6.07 Å². The van der Waals surface area contributed by atoms with E-state index in [2.05, 4.69) is 10.5 Å². The van der Waals surface area contributed by atoms with Gasteiger partial charge in [0.15, 0.2) is 0 Å². The minimum absolute atomic E-state index is 0.154. The fraction of sp³-hybridized carbons (Fsp3) is 0. The van der Waals surface area contributed by atoms with Gasteiger partial charge in [-0.05, 0) is 48.0 Å². The predicted molar refractivity (Wildman–Crippen MR) is 69.6 cm³/mol. The molecule has 0 fully saturated rings. The Morgan fingerprint density at radius 2 is 1.95 bits per heavy atom. The van der Waals surface area contributed by atoms with E-state index < -0.39 is 11.7 Å². The van der Waals surface area contributed by atoms with E-state index >= 15 is 0 Å². The van der Waals surface area contributed by atoms with Crippen LogP contribution in [0.5, 0.6) is 5.75 Å². The van der Waals surface area contributed by atoms with Gasteiger partial charge < -0.3 is 5.11 Å². The smallest absolute Gasteiger partial charge is 0.271 e. The summed E-state index contributed by atoms with van der Waals surface area (Å²) >= 11 is 0. The van der Waals surface area contributed by atoms with Crippen LogP contribution in [0, 0.1) is 5.82 Å². The lowest BCUT2D eigenvalue weighted by molar-refractivity contribution is 0.0954. The van der Waals surface area contributed by atoms with E-state index in [9.17, 15) is 9.18 Å². The molecular weight excluding hydrogens is 247 g/mol. The van der Waals surface area contributed by atoms with Crippen LogP contribution in [0.3, 0.4) is 0 Å². The first-order valence-electron chi connectivity index (χ1n) is 5.53. The highest BCUT2D eigenvalue weighted by Crippen LogP contribution is 2.07. The summed E-state index contributed by atoms with van der Waals surface area (Å²) in [7, 11) is 0. The summed E-state index contributed by atoms with van der Waals surface area (Å²) in [5.41, 5.74) is 3.21. The molecule has 0 radical (unpaired) electrons. The molecule has 19 heavy (non-hydrogen) atoms. The van der Waals surface area contributed by atoms with Crippen molar-refractivity contribution in [3.05, 3.63) is 65.5 Å². The predicted octanol–water partition coefficient (Wildman–Crippen LogP) is 2.30. The van der Waals surface area contributed by atoms with Gasteiger partial charge in [0.1, 0.15) is 11.6 Å². The van der Waals surface area contributed by atoms with Crippen LogP contribution in [0.15, 0.2) is 53.6 Å². The van der Waals surface area contributed by atoms with Crippen molar-refractivity contribution in [2.75, 3.05) is 0 Å². The number of nitrogens with one attached hydrogen (secondary N) is 1. The molecule has 0 atom stereocenters. The molecule has 0 aromatic heterocycles. The number of carbonyl (C=O) groups is 1. The Hall–Kier alpha value is -2.69. The maximum Gasteiger partial charge on any atom is 0.271 e. The summed E-state index contributed by atoms with van der Waals surface area (Å²) in [6, 6.07) is 11.6. The highest BCUT2D eigenvalue weighted by Gasteiger charge is 2.04. The first-order chi connectivity index (χ1) is 9.15. The molecule has 2 rings (SSSR count). The van der Waals surface area contributed by atoms with Crippen molar-refractivity contribution in [3.63, 3.8) is 0 Å². The Morgan fingerprint density at radius 1 is 1.21 bits per heavy atom. The van der Waals surface area contributed by atoms with Gasteiger partial charge in [0.05, 0.1) is 6.21 Å². The molecule has 0 aliphatic carbocycles. The number of phenolic OH excluding ortho intramolecular Hbond substituents is 1. The third kappa shape index (κ3) is 3.64. The molecule has 2 N–H and O–H groups in total. The molecule has 0 spiro atoms. The Balaban J connectivity index is 1.98. The van der Waals surface area contributed by atoms with Crippen molar-refractivity contribution >= 4 is 12.1 Å². The van der Waals surface area contributed by atoms with Crippen LogP contribution in [0.1, 0.15) is 15.9 Å². The molecule has 2 aromatic rings. The standard InChI is InChI=1S/C14H11FN2O2/c15-12-3-1-2-11(8-12)14(19)17-16-9-10-4-6-13(18)7-5-10/h1-9,18H,(H,17,19). The lowest BCUT2D eigenvalue weighted by Gasteiger charge is -1.99. The summed E-state index contributed by atoms with van der Waals surface area (Å²) < 4.78 is 12.9. The quantitative estimate of drug-likeness (QED) is 0.655. The van der Waals surface area contributed by atoms with Crippen LogP contribution in [0.4, 0.5) is 4.39 Å². The summed E-state index contributed by atoms with van der Waals surface area (Å²) in [5, 5.41) is 12.8. The zero-order chi connectivity index (χ0) is 13.7. The highest BCUT2D eigenvalue weighted by molar-refractivity contribution is 5.94. The number of benzene rings is 2. The zero-order valence-corrected chi connectivity index (χ0v) is 9.88. The van der Waals surface area contributed by atoms with Crippen molar-refractivity contribution < 1.29 is 14.3 Å². The molecular formula is C14H11FN2O2. The first kappa shape index (κ1) is 12.8. The molecule has 4 nitrogen and oxygen atoms in total. The van der Waals surface area contributed by atoms with Crippen LogP contribution < -0.4 is 5.43 Å². The topological polar surface area (TPSA) is 61.7 Å². The van der Waals surface area contributed by atoms with Gasteiger partial charge in [-0.15, -0.1) is 0 Å². The molecule has 0 aliphatic rings. The maximum atomic E-state index is 12.9. The van der Waals surface area contributed by atoms with Gasteiger partial charge >= 0.3 is 0 Å². The van der Waals surface area contributed by atoms with Crippen molar-refractivity contribution in [1.29, 1.82) is 0 Å². The number of aromatic hydroxyl groups is 1. The lowest BCUT2D eigenvalue weighted by atomic mass is 10.2. The monoisotopic (exact) mass is 258 g/mol. The van der Waals surface area contributed by atoms with E-state index in [-0.39, 0.29) is 11.3 Å².